The van der Waals surface area contributed by atoms with E-state index in [1.165, 1.54) is 4.57 Å². The molecule has 3 rings (SSSR count). The number of hydrogen-bond donors (Lipinski definition) is 3. The van der Waals surface area contributed by atoms with Crippen LogP contribution in [-0.4, -0.2) is 27.9 Å². The van der Waals surface area contributed by atoms with Gasteiger partial charge in [-0.15, -0.1) is 0 Å². The number of carbonyl (C=O) groups excluding carboxylic acids is 1. The van der Waals surface area contributed by atoms with Crippen LogP contribution in [0.25, 0.3) is 11.1 Å². The number of amides is 2. The highest BCUT2D eigenvalue weighted by Gasteiger charge is 2.24. The average Bonchev–Trinajstić information content (AvgIpc) is 2.76. The number of anilines is 1. The molecule has 0 saturated heterocycles. The van der Waals surface area contributed by atoms with E-state index < -0.39 is 11.9 Å². The zero-order chi connectivity index (χ0) is 15.7. The number of aryl methyl sites for hydroxylation is 1. The van der Waals surface area contributed by atoms with Gasteiger partial charge < -0.3 is 20.2 Å². The molecule has 7 heteroatoms. The summed E-state index contributed by atoms with van der Waals surface area (Å²) in [5.74, 6) is -0.443. The lowest BCUT2D eigenvalue weighted by atomic mass is 9.93. The largest absolute Gasteiger partial charge is 0.419 e. The summed E-state index contributed by atoms with van der Waals surface area (Å²) in [4.78, 5) is 23.4. The number of aromatic nitrogens is 1. The molecule has 0 bridgehead atoms. The van der Waals surface area contributed by atoms with Crippen molar-refractivity contribution < 1.29 is 14.3 Å². The van der Waals surface area contributed by atoms with Crippen molar-refractivity contribution in [2.24, 2.45) is 7.05 Å². The molecule has 2 unspecified atom stereocenters. The number of aliphatic hydroxyl groups is 1. The Morgan fingerprint density at radius 2 is 2.14 bits per heavy atom. The van der Waals surface area contributed by atoms with E-state index in [-0.39, 0.29) is 12.1 Å². The molecule has 2 atom stereocenters. The Morgan fingerprint density at radius 3 is 2.91 bits per heavy atom. The molecule has 0 spiro atoms. The van der Waals surface area contributed by atoms with Crippen molar-refractivity contribution in [3.05, 3.63) is 28.7 Å². The van der Waals surface area contributed by atoms with Gasteiger partial charge in [-0.2, -0.15) is 0 Å². The van der Waals surface area contributed by atoms with E-state index in [0.717, 1.165) is 19.3 Å². The Balaban J connectivity index is 1.69. The summed E-state index contributed by atoms with van der Waals surface area (Å²) < 4.78 is 6.48. The number of benzene rings is 1. The van der Waals surface area contributed by atoms with Crippen LogP contribution in [0, 0.1) is 0 Å². The molecule has 118 valence electrons. The van der Waals surface area contributed by atoms with Gasteiger partial charge in [0.2, 0.25) is 0 Å². The van der Waals surface area contributed by atoms with Crippen LogP contribution < -0.4 is 16.4 Å². The number of nitrogens with one attached hydrogen (secondary N) is 2. The molecule has 1 fully saturated rings. The molecule has 1 aromatic heterocycles. The maximum atomic E-state index is 12.0. The monoisotopic (exact) mass is 305 g/mol. The third-order valence-electron chi connectivity index (χ3n) is 4.10. The third-order valence-corrected chi connectivity index (χ3v) is 4.10. The van der Waals surface area contributed by atoms with Gasteiger partial charge in [-0.25, -0.2) is 9.59 Å². The van der Waals surface area contributed by atoms with E-state index in [4.69, 9.17) is 4.42 Å². The van der Waals surface area contributed by atoms with Gasteiger partial charge >= 0.3 is 11.8 Å². The summed E-state index contributed by atoms with van der Waals surface area (Å²) in [6, 6.07) is 4.43. The highest BCUT2D eigenvalue weighted by Crippen LogP contribution is 2.20. The Hall–Kier alpha value is -2.28. The minimum absolute atomic E-state index is 0.216. The van der Waals surface area contributed by atoms with Crippen LogP contribution in [0.5, 0.6) is 0 Å². The topological polar surface area (TPSA) is 96.5 Å². The molecular weight excluding hydrogens is 286 g/mol. The van der Waals surface area contributed by atoms with Gasteiger partial charge in [-0.1, -0.05) is 12.8 Å². The molecule has 1 aliphatic carbocycles. The van der Waals surface area contributed by atoms with E-state index in [1.807, 2.05) is 0 Å². The van der Waals surface area contributed by atoms with E-state index in [9.17, 15) is 14.7 Å². The Labute approximate surface area is 126 Å². The van der Waals surface area contributed by atoms with Crippen molar-refractivity contribution in [3.63, 3.8) is 0 Å². The highest BCUT2D eigenvalue weighted by atomic mass is 16.4. The normalized spacial score (nSPS) is 21.7. The van der Waals surface area contributed by atoms with Crippen LogP contribution in [0.1, 0.15) is 25.7 Å². The highest BCUT2D eigenvalue weighted by molar-refractivity contribution is 5.91. The van der Waals surface area contributed by atoms with Crippen molar-refractivity contribution in [3.8, 4) is 0 Å². The van der Waals surface area contributed by atoms with Crippen molar-refractivity contribution in [1.29, 1.82) is 0 Å². The Bertz CT molecular complexity index is 749. The van der Waals surface area contributed by atoms with Crippen LogP contribution in [0.2, 0.25) is 0 Å². The maximum absolute atomic E-state index is 12.0. The number of carbonyl (C=O) groups is 1. The fourth-order valence-electron chi connectivity index (χ4n) is 2.83. The van der Waals surface area contributed by atoms with Crippen molar-refractivity contribution in [2.75, 3.05) is 5.32 Å². The minimum Gasteiger partial charge on any atom is -0.408 e. The van der Waals surface area contributed by atoms with E-state index in [0.29, 0.717) is 23.2 Å². The van der Waals surface area contributed by atoms with E-state index in [1.54, 1.807) is 25.2 Å². The van der Waals surface area contributed by atoms with Crippen LogP contribution in [0.3, 0.4) is 0 Å². The molecular formula is C15H19N3O4. The maximum Gasteiger partial charge on any atom is 0.419 e. The molecule has 1 aromatic carbocycles. The zero-order valence-corrected chi connectivity index (χ0v) is 12.3. The summed E-state index contributed by atoms with van der Waals surface area (Å²) in [6.07, 6.45) is 3.00. The van der Waals surface area contributed by atoms with Crippen molar-refractivity contribution in [2.45, 2.75) is 37.8 Å². The quantitative estimate of drug-likeness (QED) is 0.784. The second-order valence-corrected chi connectivity index (χ2v) is 5.67. The van der Waals surface area contributed by atoms with Gasteiger partial charge in [0.1, 0.15) is 0 Å². The first kappa shape index (κ1) is 14.6. The molecule has 1 aliphatic rings. The molecule has 22 heavy (non-hydrogen) atoms. The number of aliphatic hydroxyl groups excluding tert-OH is 1. The van der Waals surface area contributed by atoms with Gasteiger partial charge in [-0.05, 0) is 25.0 Å². The van der Waals surface area contributed by atoms with Gasteiger partial charge in [0.15, 0.2) is 5.58 Å². The molecule has 1 saturated carbocycles. The van der Waals surface area contributed by atoms with Crippen LogP contribution in [0.4, 0.5) is 10.5 Å². The number of oxazole rings is 1. The van der Waals surface area contributed by atoms with Crippen molar-refractivity contribution in [1.82, 2.24) is 9.88 Å². The number of hydrogen-bond acceptors (Lipinski definition) is 4. The lowest BCUT2D eigenvalue weighted by Gasteiger charge is -2.28. The molecule has 0 aliphatic heterocycles. The first-order chi connectivity index (χ1) is 10.5. The molecule has 7 nitrogen and oxygen atoms in total. The SMILES string of the molecule is Cn1c(=O)oc2cc(NC(=O)NC3CCCCC3O)ccc21. The second kappa shape index (κ2) is 5.84. The van der Waals surface area contributed by atoms with Crippen LogP contribution >= 0.6 is 0 Å². The molecule has 1 heterocycles. The summed E-state index contributed by atoms with van der Waals surface area (Å²) in [5.41, 5.74) is 1.62. The molecule has 0 radical (unpaired) electrons. The minimum atomic E-state index is -0.492. The number of urea groups is 1. The lowest BCUT2D eigenvalue weighted by Crippen LogP contribution is -2.46. The number of rotatable bonds is 2. The van der Waals surface area contributed by atoms with Crippen LogP contribution in [0.15, 0.2) is 27.4 Å². The van der Waals surface area contributed by atoms with Crippen LogP contribution in [-0.2, 0) is 7.05 Å². The van der Waals surface area contributed by atoms with Gasteiger partial charge in [0.05, 0.1) is 17.7 Å². The fourth-order valence-corrected chi connectivity index (χ4v) is 2.83. The fraction of sp³-hybridized carbons (Fsp3) is 0.467. The third kappa shape index (κ3) is 2.85. The first-order valence-electron chi connectivity index (χ1n) is 7.40. The predicted molar refractivity (Wildman–Crippen MR) is 81.9 cm³/mol. The summed E-state index contributed by atoms with van der Waals surface area (Å²) in [7, 11) is 1.62. The van der Waals surface area contributed by atoms with E-state index >= 15 is 0 Å². The number of fused-ring (bicyclic) bond motifs is 1. The summed E-state index contributed by atoms with van der Waals surface area (Å²) >= 11 is 0. The van der Waals surface area contributed by atoms with Crippen molar-refractivity contribution >= 4 is 22.8 Å². The Kier molecular flexibility index (Phi) is 3.89. The Morgan fingerprint density at radius 1 is 1.36 bits per heavy atom. The smallest absolute Gasteiger partial charge is 0.408 e. The number of nitrogens with zero attached hydrogens (tertiary/aromatic N) is 1. The predicted octanol–water partition coefficient (Wildman–Crippen LogP) is 1.56. The molecule has 3 N–H and O–H groups in total. The van der Waals surface area contributed by atoms with Gasteiger partial charge in [0.25, 0.3) is 0 Å². The zero-order valence-electron chi connectivity index (χ0n) is 12.3. The standard InChI is InChI=1S/C15H19N3O4/c1-18-11-7-6-9(8-13(11)22-15(18)21)16-14(20)17-10-4-2-3-5-12(10)19/h6-8,10,12,19H,2-5H2,1H3,(H2,16,17,20). The van der Waals surface area contributed by atoms with E-state index in [2.05, 4.69) is 10.6 Å². The van der Waals surface area contributed by atoms with Gasteiger partial charge in [-0.3, -0.25) is 4.57 Å². The summed E-state index contributed by atoms with van der Waals surface area (Å²) in [6.45, 7) is 0. The second-order valence-electron chi connectivity index (χ2n) is 5.67. The first-order valence-corrected chi connectivity index (χ1v) is 7.40. The molecule has 2 aromatic rings. The van der Waals surface area contributed by atoms with Gasteiger partial charge in [0, 0.05) is 18.8 Å². The molecule has 2 amide bonds. The average molecular weight is 305 g/mol. The summed E-state index contributed by atoms with van der Waals surface area (Å²) in [5, 5.41) is 15.3. The lowest BCUT2D eigenvalue weighted by molar-refractivity contribution is 0.0955.